The molecular weight excluding hydrogens is 248 g/mol. The molecule has 0 bridgehead atoms. The number of hydrogen-bond donors (Lipinski definition) is 2. The molecule has 0 saturated heterocycles. The largest absolute Gasteiger partial charge is 0.465 e. The van der Waals surface area contributed by atoms with Gasteiger partial charge >= 0.3 is 5.97 Å². The second-order valence-corrected chi connectivity index (χ2v) is 3.47. The van der Waals surface area contributed by atoms with Crippen molar-refractivity contribution in [3.8, 4) is 0 Å². The molecule has 0 aliphatic carbocycles. The van der Waals surface area contributed by atoms with Gasteiger partial charge in [0.05, 0.1) is 7.11 Å². The molecule has 2 N–H and O–H groups in total. The van der Waals surface area contributed by atoms with Crippen molar-refractivity contribution in [3.05, 3.63) is 47.7 Å². The van der Waals surface area contributed by atoms with Gasteiger partial charge in [-0.3, -0.25) is 9.59 Å². The first-order chi connectivity index (χ1) is 9.10. The standard InChI is InChI=1S/C13H14N2O4/c1-14-12(17)10(13(18)19-2)8-15-11(16)9-6-4-3-5-7-9/h3-8H,1-2H3,(H,14,17)(H,15,16)/b10-8-. The minimum absolute atomic E-state index is 0.283. The summed E-state index contributed by atoms with van der Waals surface area (Å²) in [7, 11) is 2.52. The highest BCUT2D eigenvalue weighted by Gasteiger charge is 2.18. The molecule has 1 rings (SSSR count). The van der Waals surface area contributed by atoms with E-state index in [-0.39, 0.29) is 5.57 Å². The number of benzene rings is 1. The van der Waals surface area contributed by atoms with Crippen LogP contribution in [0.1, 0.15) is 10.4 Å². The lowest BCUT2D eigenvalue weighted by Crippen LogP contribution is -2.28. The number of nitrogens with one attached hydrogen (secondary N) is 2. The van der Waals surface area contributed by atoms with Crippen LogP contribution in [-0.4, -0.2) is 31.9 Å². The van der Waals surface area contributed by atoms with E-state index in [2.05, 4.69) is 15.4 Å². The van der Waals surface area contributed by atoms with E-state index in [0.29, 0.717) is 5.56 Å². The maximum absolute atomic E-state index is 11.7. The monoisotopic (exact) mass is 262 g/mol. The highest BCUT2D eigenvalue weighted by molar-refractivity contribution is 6.16. The zero-order chi connectivity index (χ0) is 14.3. The van der Waals surface area contributed by atoms with Gasteiger partial charge in [0, 0.05) is 18.8 Å². The quantitative estimate of drug-likeness (QED) is 0.352. The lowest BCUT2D eigenvalue weighted by atomic mass is 10.2. The van der Waals surface area contributed by atoms with Gasteiger partial charge in [-0.05, 0) is 12.1 Å². The third kappa shape index (κ3) is 3.95. The van der Waals surface area contributed by atoms with Gasteiger partial charge in [0.25, 0.3) is 11.8 Å². The van der Waals surface area contributed by atoms with Crippen LogP contribution in [0.15, 0.2) is 42.1 Å². The number of rotatable bonds is 4. The van der Waals surface area contributed by atoms with E-state index in [1.807, 2.05) is 0 Å². The molecule has 2 amide bonds. The highest BCUT2D eigenvalue weighted by Crippen LogP contribution is 2.00. The minimum atomic E-state index is -0.826. The van der Waals surface area contributed by atoms with Crippen molar-refractivity contribution >= 4 is 17.8 Å². The van der Waals surface area contributed by atoms with E-state index in [4.69, 9.17) is 0 Å². The van der Waals surface area contributed by atoms with Crippen molar-refractivity contribution in [1.29, 1.82) is 0 Å². The SMILES string of the molecule is CNC(=O)/C(=C/NC(=O)c1ccccc1)C(=O)OC. The maximum Gasteiger partial charge on any atom is 0.344 e. The molecular formula is C13H14N2O4. The fourth-order valence-corrected chi connectivity index (χ4v) is 1.27. The summed E-state index contributed by atoms with van der Waals surface area (Å²) in [5.41, 5.74) is 0.133. The van der Waals surface area contributed by atoms with Gasteiger partial charge in [0.15, 0.2) is 0 Å². The summed E-state index contributed by atoms with van der Waals surface area (Å²) in [5.74, 6) is -1.89. The minimum Gasteiger partial charge on any atom is -0.465 e. The number of ether oxygens (including phenoxy) is 1. The molecule has 1 aromatic carbocycles. The first-order valence-corrected chi connectivity index (χ1v) is 5.46. The van der Waals surface area contributed by atoms with Gasteiger partial charge in [-0.25, -0.2) is 4.79 Å². The van der Waals surface area contributed by atoms with E-state index in [1.54, 1.807) is 30.3 Å². The van der Waals surface area contributed by atoms with Crippen LogP contribution < -0.4 is 10.6 Å². The van der Waals surface area contributed by atoms with Gasteiger partial charge in [0.2, 0.25) is 0 Å². The van der Waals surface area contributed by atoms with Crippen LogP contribution >= 0.6 is 0 Å². The van der Waals surface area contributed by atoms with Crippen LogP contribution in [0.3, 0.4) is 0 Å². The summed E-state index contributed by atoms with van der Waals surface area (Å²) in [6.45, 7) is 0. The molecule has 0 aliphatic heterocycles. The van der Waals surface area contributed by atoms with Crippen LogP contribution in [0.25, 0.3) is 0 Å². The summed E-state index contributed by atoms with van der Waals surface area (Å²) in [4.78, 5) is 34.5. The molecule has 0 atom stereocenters. The van der Waals surface area contributed by atoms with Gasteiger partial charge < -0.3 is 15.4 Å². The number of esters is 1. The third-order valence-electron chi connectivity index (χ3n) is 2.26. The molecule has 6 nitrogen and oxygen atoms in total. The molecule has 6 heteroatoms. The molecule has 0 saturated carbocycles. The van der Waals surface area contributed by atoms with E-state index in [1.165, 1.54) is 7.05 Å². The van der Waals surface area contributed by atoms with Crippen molar-refractivity contribution in [2.45, 2.75) is 0 Å². The predicted octanol–water partition coefficient (Wildman–Crippen LogP) is 0.219. The summed E-state index contributed by atoms with van der Waals surface area (Å²) < 4.78 is 4.45. The Balaban J connectivity index is 2.84. The Hall–Kier alpha value is -2.63. The second-order valence-electron chi connectivity index (χ2n) is 3.47. The van der Waals surface area contributed by atoms with Crippen molar-refractivity contribution in [1.82, 2.24) is 10.6 Å². The Morgan fingerprint density at radius 2 is 1.79 bits per heavy atom. The van der Waals surface area contributed by atoms with Gasteiger partial charge in [-0.2, -0.15) is 0 Å². The average molecular weight is 262 g/mol. The van der Waals surface area contributed by atoms with Gasteiger partial charge in [-0.1, -0.05) is 18.2 Å². The zero-order valence-corrected chi connectivity index (χ0v) is 10.6. The zero-order valence-electron chi connectivity index (χ0n) is 10.6. The van der Waals surface area contributed by atoms with E-state index >= 15 is 0 Å². The molecule has 0 heterocycles. The maximum atomic E-state index is 11.7. The molecule has 0 unspecified atom stereocenters. The molecule has 0 aromatic heterocycles. The van der Waals surface area contributed by atoms with Crippen molar-refractivity contribution in [2.24, 2.45) is 0 Å². The number of hydrogen-bond acceptors (Lipinski definition) is 4. The van der Waals surface area contributed by atoms with Crippen molar-refractivity contribution in [2.75, 3.05) is 14.2 Å². The lowest BCUT2D eigenvalue weighted by molar-refractivity contribution is -0.138. The first-order valence-electron chi connectivity index (χ1n) is 5.46. The molecule has 0 radical (unpaired) electrons. The summed E-state index contributed by atoms with van der Waals surface area (Å²) in [5, 5.41) is 4.65. The molecule has 100 valence electrons. The number of likely N-dealkylation sites (N-methyl/N-ethyl adjacent to an activating group) is 1. The number of amides is 2. The van der Waals surface area contributed by atoms with Crippen LogP contribution in [0, 0.1) is 0 Å². The Labute approximate surface area is 110 Å². The summed E-state index contributed by atoms with van der Waals surface area (Å²) in [6, 6.07) is 8.41. The topological polar surface area (TPSA) is 84.5 Å². The van der Waals surface area contributed by atoms with E-state index in [9.17, 15) is 14.4 Å². The number of carbonyl (C=O) groups excluding carboxylic acids is 3. The Bertz CT molecular complexity index is 491. The van der Waals surface area contributed by atoms with Crippen LogP contribution in [-0.2, 0) is 14.3 Å². The lowest BCUT2D eigenvalue weighted by Gasteiger charge is -2.05. The number of methoxy groups -OCH3 is 1. The summed E-state index contributed by atoms with van der Waals surface area (Å²) in [6.07, 6.45) is 1.03. The summed E-state index contributed by atoms with van der Waals surface area (Å²) >= 11 is 0. The average Bonchev–Trinajstić information content (AvgIpc) is 2.47. The van der Waals surface area contributed by atoms with Gasteiger partial charge in [0.1, 0.15) is 5.57 Å². The fourth-order valence-electron chi connectivity index (χ4n) is 1.27. The third-order valence-corrected chi connectivity index (χ3v) is 2.26. The molecule has 19 heavy (non-hydrogen) atoms. The Morgan fingerprint density at radius 1 is 1.16 bits per heavy atom. The number of carbonyl (C=O) groups is 3. The smallest absolute Gasteiger partial charge is 0.344 e. The Morgan fingerprint density at radius 3 is 2.32 bits per heavy atom. The molecule has 0 fully saturated rings. The Kier molecular flexibility index (Phi) is 5.28. The van der Waals surface area contributed by atoms with Crippen LogP contribution in [0.2, 0.25) is 0 Å². The van der Waals surface area contributed by atoms with Crippen molar-refractivity contribution in [3.63, 3.8) is 0 Å². The predicted molar refractivity (Wildman–Crippen MR) is 68.1 cm³/mol. The second kappa shape index (κ2) is 6.95. The fraction of sp³-hybridized carbons (Fsp3) is 0.154. The van der Waals surface area contributed by atoms with Crippen LogP contribution in [0.4, 0.5) is 0 Å². The molecule has 0 spiro atoms. The molecule has 0 aliphatic rings. The first kappa shape index (κ1) is 14.4. The van der Waals surface area contributed by atoms with E-state index < -0.39 is 17.8 Å². The van der Waals surface area contributed by atoms with E-state index in [0.717, 1.165) is 13.3 Å². The highest BCUT2D eigenvalue weighted by atomic mass is 16.5. The normalized spacial score (nSPS) is 10.5. The molecule has 1 aromatic rings. The van der Waals surface area contributed by atoms with Crippen molar-refractivity contribution < 1.29 is 19.1 Å². The van der Waals surface area contributed by atoms with Crippen LogP contribution in [0.5, 0.6) is 0 Å². The van der Waals surface area contributed by atoms with Gasteiger partial charge in [-0.15, -0.1) is 0 Å².